The maximum absolute atomic E-state index is 12.1. The first-order valence-electron chi connectivity index (χ1n) is 7.66. The van der Waals surface area contributed by atoms with E-state index >= 15 is 0 Å². The summed E-state index contributed by atoms with van der Waals surface area (Å²) in [5.41, 5.74) is 1.98. The summed E-state index contributed by atoms with van der Waals surface area (Å²) in [6.07, 6.45) is 4.38. The molecule has 0 unspecified atom stereocenters. The van der Waals surface area contributed by atoms with E-state index < -0.39 is 0 Å². The second-order valence-electron chi connectivity index (χ2n) is 5.45. The number of hydrogen-bond acceptors (Lipinski definition) is 2. The first kappa shape index (κ1) is 17.1. The SMILES string of the molecule is CC.Cc1ccc(NC(=O)C2CCC(C)CC2)cc1S. The van der Waals surface area contributed by atoms with Gasteiger partial charge in [-0.25, -0.2) is 0 Å². The van der Waals surface area contributed by atoms with Gasteiger partial charge in [0, 0.05) is 16.5 Å². The fourth-order valence-electron chi connectivity index (χ4n) is 2.45. The zero-order valence-electron chi connectivity index (χ0n) is 13.1. The van der Waals surface area contributed by atoms with Gasteiger partial charge in [0.2, 0.25) is 5.91 Å². The molecule has 3 heteroatoms. The van der Waals surface area contributed by atoms with Crippen molar-refractivity contribution in [3.63, 3.8) is 0 Å². The lowest BCUT2D eigenvalue weighted by Crippen LogP contribution is -2.26. The van der Waals surface area contributed by atoms with Gasteiger partial charge in [-0.2, -0.15) is 0 Å². The third-order valence-corrected chi connectivity index (χ3v) is 4.35. The van der Waals surface area contributed by atoms with E-state index in [0.29, 0.717) is 0 Å². The van der Waals surface area contributed by atoms with Crippen molar-refractivity contribution in [1.29, 1.82) is 0 Å². The molecule has 1 amide bonds. The Morgan fingerprint density at radius 1 is 1.20 bits per heavy atom. The minimum absolute atomic E-state index is 0.165. The highest BCUT2D eigenvalue weighted by atomic mass is 32.1. The summed E-state index contributed by atoms with van der Waals surface area (Å²) in [5, 5.41) is 3.01. The number of aryl methyl sites for hydroxylation is 1. The van der Waals surface area contributed by atoms with E-state index in [2.05, 4.69) is 24.9 Å². The van der Waals surface area contributed by atoms with Crippen LogP contribution in [0.2, 0.25) is 0 Å². The molecule has 1 aromatic carbocycles. The van der Waals surface area contributed by atoms with Crippen LogP contribution in [0, 0.1) is 18.8 Å². The minimum atomic E-state index is 0.165. The van der Waals surface area contributed by atoms with Crippen LogP contribution < -0.4 is 5.32 Å². The molecule has 0 radical (unpaired) electrons. The van der Waals surface area contributed by atoms with Gasteiger partial charge in [-0.3, -0.25) is 4.79 Å². The molecule has 20 heavy (non-hydrogen) atoms. The first-order chi connectivity index (χ1) is 9.56. The summed E-state index contributed by atoms with van der Waals surface area (Å²) in [6, 6.07) is 5.85. The van der Waals surface area contributed by atoms with Crippen LogP contribution in [0.25, 0.3) is 0 Å². The monoisotopic (exact) mass is 293 g/mol. The zero-order valence-corrected chi connectivity index (χ0v) is 14.0. The van der Waals surface area contributed by atoms with Crippen LogP contribution in [-0.4, -0.2) is 5.91 Å². The largest absolute Gasteiger partial charge is 0.326 e. The van der Waals surface area contributed by atoms with Crippen LogP contribution in [0.3, 0.4) is 0 Å². The molecule has 0 saturated heterocycles. The van der Waals surface area contributed by atoms with Gasteiger partial charge < -0.3 is 5.32 Å². The minimum Gasteiger partial charge on any atom is -0.326 e. The lowest BCUT2D eigenvalue weighted by atomic mass is 9.82. The van der Waals surface area contributed by atoms with Gasteiger partial charge >= 0.3 is 0 Å². The molecule has 1 saturated carbocycles. The van der Waals surface area contributed by atoms with E-state index in [1.54, 1.807) is 0 Å². The van der Waals surface area contributed by atoms with E-state index in [9.17, 15) is 4.79 Å². The van der Waals surface area contributed by atoms with Gasteiger partial charge in [0.15, 0.2) is 0 Å². The summed E-state index contributed by atoms with van der Waals surface area (Å²) in [6.45, 7) is 8.28. The van der Waals surface area contributed by atoms with Crippen LogP contribution in [-0.2, 0) is 4.79 Å². The third kappa shape index (κ3) is 4.86. The van der Waals surface area contributed by atoms with Crippen molar-refractivity contribution in [1.82, 2.24) is 0 Å². The molecule has 1 N–H and O–H groups in total. The van der Waals surface area contributed by atoms with Crippen LogP contribution in [0.4, 0.5) is 5.69 Å². The Morgan fingerprint density at radius 3 is 2.35 bits per heavy atom. The molecule has 2 nitrogen and oxygen atoms in total. The Kier molecular flexibility index (Phi) is 7.14. The number of hydrogen-bond donors (Lipinski definition) is 2. The van der Waals surface area contributed by atoms with E-state index in [4.69, 9.17) is 0 Å². The normalized spacial score (nSPS) is 21.6. The predicted molar refractivity (Wildman–Crippen MR) is 89.5 cm³/mol. The second kappa shape index (κ2) is 8.35. The van der Waals surface area contributed by atoms with E-state index in [0.717, 1.165) is 34.9 Å². The Bertz CT molecular complexity index is 437. The number of amides is 1. The Morgan fingerprint density at radius 2 is 1.80 bits per heavy atom. The van der Waals surface area contributed by atoms with Crippen molar-refractivity contribution in [2.45, 2.75) is 58.3 Å². The second-order valence-corrected chi connectivity index (χ2v) is 5.93. The quantitative estimate of drug-likeness (QED) is 0.732. The average molecular weight is 293 g/mol. The smallest absolute Gasteiger partial charge is 0.227 e. The number of carbonyl (C=O) groups excluding carboxylic acids is 1. The van der Waals surface area contributed by atoms with Crippen LogP contribution in [0.5, 0.6) is 0 Å². The van der Waals surface area contributed by atoms with Crippen molar-refractivity contribution in [3.8, 4) is 0 Å². The summed E-state index contributed by atoms with van der Waals surface area (Å²) in [5.74, 6) is 1.13. The van der Waals surface area contributed by atoms with Gasteiger partial charge in [-0.1, -0.05) is 26.8 Å². The lowest BCUT2D eigenvalue weighted by molar-refractivity contribution is -0.121. The molecule has 112 valence electrons. The highest BCUT2D eigenvalue weighted by Gasteiger charge is 2.24. The molecule has 2 rings (SSSR count). The van der Waals surface area contributed by atoms with Crippen molar-refractivity contribution >= 4 is 24.2 Å². The number of anilines is 1. The number of benzene rings is 1. The fourth-order valence-corrected chi connectivity index (χ4v) is 2.67. The summed E-state index contributed by atoms with van der Waals surface area (Å²) >= 11 is 4.38. The molecule has 0 spiro atoms. The molecule has 0 bridgehead atoms. The van der Waals surface area contributed by atoms with Crippen LogP contribution in [0.15, 0.2) is 23.1 Å². The van der Waals surface area contributed by atoms with Crippen molar-refractivity contribution in [2.24, 2.45) is 11.8 Å². The standard InChI is InChI=1S/C15H21NOS.C2H6/c1-10-3-6-12(7-4-10)15(17)16-13-8-5-11(2)14(18)9-13;1-2/h5,8-10,12,18H,3-4,6-7H2,1-2H3,(H,16,17);1-2H3. The third-order valence-electron chi connectivity index (χ3n) is 3.86. The fraction of sp³-hybridized carbons (Fsp3) is 0.588. The Balaban J connectivity index is 0.000000956. The van der Waals surface area contributed by atoms with E-state index in [1.807, 2.05) is 39.0 Å². The molecule has 0 atom stereocenters. The molecule has 1 aliphatic rings. The first-order valence-corrected chi connectivity index (χ1v) is 8.11. The van der Waals surface area contributed by atoms with E-state index in [1.165, 1.54) is 12.8 Å². The predicted octanol–water partition coefficient (Wildman–Crippen LogP) is 5.07. The van der Waals surface area contributed by atoms with Crippen LogP contribution >= 0.6 is 12.6 Å². The summed E-state index contributed by atoms with van der Waals surface area (Å²) < 4.78 is 0. The zero-order chi connectivity index (χ0) is 15.1. The maximum atomic E-state index is 12.1. The molecule has 1 aliphatic carbocycles. The van der Waals surface area contributed by atoms with Gasteiger partial charge in [0.1, 0.15) is 0 Å². The Hall–Kier alpha value is -0.960. The molecule has 0 aromatic heterocycles. The Labute approximate surface area is 128 Å². The number of nitrogens with one attached hydrogen (secondary N) is 1. The summed E-state index contributed by atoms with van der Waals surface area (Å²) in [7, 11) is 0. The molecule has 0 aliphatic heterocycles. The molecular formula is C17H27NOS. The highest BCUT2D eigenvalue weighted by molar-refractivity contribution is 7.80. The van der Waals surface area contributed by atoms with Gasteiger partial charge in [-0.05, 0) is 56.2 Å². The number of thiol groups is 1. The van der Waals surface area contributed by atoms with Gasteiger partial charge in [0.25, 0.3) is 0 Å². The van der Waals surface area contributed by atoms with Gasteiger partial charge in [0.05, 0.1) is 0 Å². The topological polar surface area (TPSA) is 29.1 Å². The van der Waals surface area contributed by atoms with Gasteiger partial charge in [-0.15, -0.1) is 12.6 Å². The van der Waals surface area contributed by atoms with Crippen molar-refractivity contribution < 1.29 is 4.79 Å². The van der Waals surface area contributed by atoms with Crippen molar-refractivity contribution in [3.05, 3.63) is 23.8 Å². The van der Waals surface area contributed by atoms with E-state index in [-0.39, 0.29) is 11.8 Å². The van der Waals surface area contributed by atoms with Crippen molar-refractivity contribution in [2.75, 3.05) is 5.32 Å². The number of rotatable bonds is 2. The van der Waals surface area contributed by atoms with Crippen LogP contribution in [0.1, 0.15) is 52.0 Å². The molecular weight excluding hydrogens is 266 g/mol. The molecule has 0 heterocycles. The molecule has 1 aromatic rings. The maximum Gasteiger partial charge on any atom is 0.227 e. The lowest BCUT2D eigenvalue weighted by Gasteiger charge is -2.25. The highest BCUT2D eigenvalue weighted by Crippen LogP contribution is 2.29. The average Bonchev–Trinajstić information content (AvgIpc) is 2.46. The number of carbonyl (C=O) groups is 1. The summed E-state index contributed by atoms with van der Waals surface area (Å²) in [4.78, 5) is 13.1. The molecule has 1 fully saturated rings.